The van der Waals surface area contributed by atoms with Gasteiger partial charge in [0.05, 0.1) is 17.6 Å². The van der Waals surface area contributed by atoms with Gasteiger partial charge in [-0.2, -0.15) is 5.10 Å². The van der Waals surface area contributed by atoms with Crippen molar-refractivity contribution < 1.29 is 0 Å². The van der Waals surface area contributed by atoms with E-state index in [0.717, 1.165) is 10.3 Å². The topological polar surface area (TPSA) is 43.8 Å². The lowest BCUT2D eigenvalue weighted by molar-refractivity contribution is 0.861. The van der Waals surface area contributed by atoms with Crippen LogP contribution >= 0.6 is 27.5 Å². The molecule has 0 saturated carbocycles. The minimum absolute atomic E-state index is 0.611. The van der Waals surface area contributed by atoms with Gasteiger partial charge in [-0.25, -0.2) is 4.68 Å². The van der Waals surface area contributed by atoms with Crippen LogP contribution in [0.2, 0.25) is 5.02 Å². The molecule has 5 heteroatoms. The monoisotopic (exact) mass is 271 g/mol. The van der Waals surface area contributed by atoms with E-state index >= 15 is 0 Å². The summed E-state index contributed by atoms with van der Waals surface area (Å²) in [6.07, 6.45) is 1.60. The van der Waals surface area contributed by atoms with Crippen LogP contribution in [0.5, 0.6) is 0 Å². The van der Waals surface area contributed by atoms with Gasteiger partial charge < -0.3 is 5.73 Å². The van der Waals surface area contributed by atoms with Gasteiger partial charge in [-0.3, -0.25) is 0 Å². The minimum Gasteiger partial charge on any atom is -0.395 e. The van der Waals surface area contributed by atoms with Crippen molar-refractivity contribution in [2.75, 3.05) is 5.73 Å². The standard InChI is InChI=1S/C9H7BrClN3/c10-9-8(12)5-13-14(9)7-3-1-6(11)2-4-7/h1-5H,12H2. The highest BCUT2D eigenvalue weighted by molar-refractivity contribution is 9.10. The molecule has 0 aliphatic heterocycles. The van der Waals surface area contributed by atoms with Gasteiger partial charge in [0.1, 0.15) is 4.60 Å². The van der Waals surface area contributed by atoms with Gasteiger partial charge in [0, 0.05) is 5.02 Å². The second kappa shape index (κ2) is 3.63. The van der Waals surface area contributed by atoms with Gasteiger partial charge in [0.2, 0.25) is 0 Å². The average Bonchev–Trinajstić information content (AvgIpc) is 2.50. The number of rotatable bonds is 1. The molecule has 14 heavy (non-hydrogen) atoms. The molecule has 0 fully saturated rings. The van der Waals surface area contributed by atoms with E-state index in [2.05, 4.69) is 21.0 Å². The first-order chi connectivity index (χ1) is 6.68. The van der Waals surface area contributed by atoms with Gasteiger partial charge in [-0.05, 0) is 40.2 Å². The van der Waals surface area contributed by atoms with E-state index in [1.54, 1.807) is 23.0 Å². The van der Waals surface area contributed by atoms with Crippen molar-refractivity contribution in [1.29, 1.82) is 0 Å². The van der Waals surface area contributed by atoms with Crippen LogP contribution in [0, 0.1) is 0 Å². The van der Waals surface area contributed by atoms with Crippen LogP contribution in [0.15, 0.2) is 35.1 Å². The van der Waals surface area contributed by atoms with Crippen LogP contribution in [0.1, 0.15) is 0 Å². The Balaban J connectivity index is 2.49. The Kier molecular flexibility index (Phi) is 2.48. The van der Waals surface area contributed by atoms with E-state index in [9.17, 15) is 0 Å². The minimum atomic E-state index is 0.611. The van der Waals surface area contributed by atoms with Gasteiger partial charge in [-0.15, -0.1) is 0 Å². The summed E-state index contributed by atoms with van der Waals surface area (Å²) in [6, 6.07) is 7.36. The first-order valence-electron chi connectivity index (χ1n) is 3.93. The van der Waals surface area contributed by atoms with Crippen LogP contribution in [0.25, 0.3) is 5.69 Å². The number of halogens is 2. The fourth-order valence-corrected chi connectivity index (χ4v) is 1.63. The SMILES string of the molecule is Nc1cnn(-c2ccc(Cl)cc2)c1Br. The van der Waals surface area contributed by atoms with Crippen LogP contribution in [0.4, 0.5) is 5.69 Å². The molecule has 72 valence electrons. The van der Waals surface area contributed by atoms with Crippen LogP contribution in [0.3, 0.4) is 0 Å². The van der Waals surface area contributed by atoms with Gasteiger partial charge in [-0.1, -0.05) is 11.6 Å². The van der Waals surface area contributed by atoms with Gasteiger partial charge >= 0.3 is 0 Å². The molecule has 1 heterocycles. The molecule has 0 bridgehead atoms. The number of anilines is 1. The molecule has 0 amide bonds. The second-order valence-electron chi connectivity index (χ2n) is 2.78. The maximum atomic E-state index is 5.78. The zero-order valence-electron chi connectivity index (χ0n) is 7.11. The number of hydrogen-bond acceptors (Lipinski definition) is 2. The quantitative estimate of drug-likeness (QED) is 0.867. The number of nitrogens with two attached hydrogens (primary N) is 1. The van der Waals surface area contributed by atoms with Crippen LogP contribution < -0.4 is 5.73 Å². The van der Waals surface area contributed by atoms with E-state index in [1.807, 2.05) is 12.1 Å². The number of aromatic nitrogens is 2. The molecule has 1 aromatic heterocycles. The first kappa shape index (κ1) is 9.55. The van der Waals surface area contributed by atoms with Crippen molar-refractivity contribution in [3.8, 4) is 5.69 Å². The largest absolute Gasteiger partial charge is 0.395 e. The van der Waals surface area contributed by atoms with Gasteiger partial charge in [0.25, 0.3) is 0 Å². The fraction of sp³-hybridized carbons (Fsp3) is 0. The normalized spacial score (nSPS) is 10.4. The van der Waals surface area contributed by atoms with Crippen molar-refractivity contribution in [3.63, 3.8) is 0 Å². The summed E-state index contributed by atoms with van der Waals surface area (Å²) in [4.78, 5) is 0. The summed E-state index contributed by atoms with van der Waals surface area (Å²) in [5.41, 5.74) is 7.18. The van der Waals surface area contributed by atoms with Crippen molar-refractivity contribution >= 4 is 33.2 Å². The van der Waals surface area contributed by atoms with Gasteiger partial charge in [0.15, 0.2) is 0 Å². The molecule has 2 aromatic rings. The molecule has 0 aliphatic rings. The van der Waals surface area contributed by atoms with E-state index in [1.165, 1.54) is 0 Å². The predicted octanol–water partition coefficient (Wildman–Crippen LogP) is 2.87. The Morgan fingerprint density at radius 1 is 1.29 bits per heavy atom. The average molecular weight is 273 g/mol. The number of nitrogen functional groups attached to an aromatic ring is 1. The van der Waals surface area contributed by atoms with E-state index in [0.29, 0.717) is 10.7 Å². The highest BCUT2D eigenvalue weighted by atomic mass is 79.9. The third-order valence-electron chi connectivity index (χ3n) is 1.81. The fourth-order valence-electron chi connectivity index (χ4n) is 1.11. The molecule has 1 aromatic carbocycles. The Labute approximate surface area is 94.6 Å². The maximum Gasteiger partial charge on any atom is 0.132 e. The molecule has 2 N–H and O–H groups in total. The van der Waals surface area contributed by atoms with Crippen LogP contribution in [-0.4, -0.2) is 9.78 Å². The number of nitrogens with zero attached hydrogens (tertiary/aromatic N) is 2. The molecule has 0 atom stereocenters. The summed E-state index contributed by atoms with van der Waals surface area (Å²) in [7, 11) is 0. The predicted molar refractivity (Wildman–Crippen MR) is 60.7 cm³/mol. The molecule has 2 rings (SSSR count). The molecular formula is C9H7BrClN3. The highest BCUT2D eigenvalue weighted by Gasteiger charge is 2.05. The Morgan fingerprint density at radius 3 is 2.43 bits per heavy atom. The maximum absolute atomic E-state index is 5.78. The summed E-state index contributed by atoms with van der Waals surface area (Å²) in [5, 5.41) is 4.82. The first-order valence-corrected chi connectivity index (χ1v) is 5.10. The summed E-state index contributed by atoms with van der Waals surface area (Å²) in [6.45, 7) is 0. The zero-order chi connectivity index (χ0) is 10.1. The molecule has 3 nitrogen and oxygen atoms in total. The number of hydrogen-bond donors (Lipinski definition) is 1. The summed E-state index contributed by atoms with van der Waals surface area (Å²) in [5.74, 6) is 0. The lowest BCUT2D eigenvalue weighted by atomic mass is 10.3. The molecular weight excluding hydrogens is 265 g/mol. The van der Waals surface area contributed by atoms with Crippen molar-refractivity contribution in [2.24, 2.45) is 0 Å². The summed E-state index contributed by atoms with van der Waals surface area (Å²) < 4.78 is 2.45. The Morgan fingerprint density at radius 2 is 1.93 bits per heavy atom. The van der Waals surface area contributed by atoms with E-state index in [-0.39, 0.29) is 0 Å². The molecule has 0 unspecified atom stereocenters. The summed E-state index contributed by atoms with van der Waals surface area (Å²) >= 11 is 9.13. The molecule has 0 spiro atoms. The van der Waals surface area contributed by atoms with Crippen molar-refractivity contribution in [1.82, 2.24) is 9.78 Å². The van der Waals surface area contributed by atoms with E-state index in [4.69, 9.17) is 17.3 Å². The molecule has 0 aliphatic carbocycles. The zero-order valence-corrected chi connectivity index (χ0v) is 9.46. The molecule has 0 radical (unpaired) electrons. The van der Waals surface area contributed by atoms with E-state index < -0.39 is 0 Å². The van der Waals surface area contributed by atoms with Crippen LogP contribution in [-0.2, 0) is 0 Å². The third-order valence-corrected chi connectivity index (χ3v) is 2.85. The smallest absolute Gasteiger partial charge is 0.132 e. The third kappa shape index (κ3) is 1.63. The lowest BCUT2D eigenvalue weighted by Gasteiger charge is -2.02. The second-order valence-corrected chi connectivity index (χ2v) is 3.97. The Hall–Kier alpha value is -1.000. The van der Waals surface area contributed by atoms with Crippen molar-refractivity contribution in [3.05, 3.63) is 40.1 Å². The molecule has 0 saturated heterocycles. The number of benzene rings is 1. The van der Waals surface area contributed by atoms with Crippen molar-refractivity contribution in [2.45, 2.75) is 0 Å². The Bertz CT molecular complexity index is 450. The highest BCUT2D eigenvalue weighted by Crippen LogP contribution is 2.22. The lowest BCUT2D eigenvalue weighted by Crippen LogP contribution is -1.96.